The lowest BCUT2D eigenvalue weighted by Gasteiger charge is -2.33. The average molecular weight is 335 g/mol. The third-order valence-corrected chi connectivity index (χ3v) is 4.17. The van der Waals surface area contributed by atoms with E-state index < -0.39 is 6.03 Å². The van der Waals surface area contributed by atoms with Crippen molar-refractivity contribution < 1.29 is 19.6 Å². The highest BCUT2D eigenvalue weighted by Crippen LogP contribution is 2.25. The quantitative estimate of drug-likeness (QED) is 0.539. The van der Waals surface area contributed by atoms with E-state index in [2.05, 4.69) is 15.5 Å². The predicted molar refractivity (Wildman–Crippen MR) is 92.3 cm³/mol. The number of phenolic OH excluding ortho intramolecular Hbond substituents is 1. The molecule has 1 heterocycles. The number of quaternary nitrogens is 1. The van der Waals surface area contributed by atoms with Crippen LogP contribution in [0.3, 0.4) is 0 Å². The first-order valence-electron chi connectivity index (χ1n) is 8.54. The molecule has 1 aromatic carbocycles. The fourth-order valence-corrected chi connectivity index (χ4v) is 2.79. The number of nitrogens with one attached hydrogen (secondary N) is 3. The number of imide groups is 1. The van der Waals surface area contributed by atoms with Crippen LogP contribution >= 0.6 is 0 Å². The summed E-state index contributed by atoms with van der Waals surface area (Å²) in [6, 6.07) is 6.86. The number of carbonyl (C=O) groups is 2. The van der Waals surface area contributed by atoms with Gasteiger partial charge in [-0.15, -0.1) is 0 Å². The summed E-state index contributed by atoms with van der Waals surface area (Å²) in [6.07, 6.45) is 1.90. The van der Waals surface area contributed by atoms with Gasteiger partial charge in [-0.25, -0.2) is 4.79 Å². The predicted octanol–water partition coefficient (Wildman–Crippen LogP) is -0.277. The molecule has 0 aliphatic carbocycles. The summed E-state index contributed by atoms with van der Waals surface area (Å²) in [4.78, 5) is 26.7. The highest BCUT2D eigenvalue weighted by molar-refractivity contribution is 5.94. The number of hydrogen-bond acceptors (Lipinski definition) is 4. The zero-order valence-corrected chi connectivity index (χ0v) is 14.2. The Bertz CT molecular complexity index is 557. The van der Waals surface area contributed by atoms with E-state index >= 15 is 0 Å². The summed E-state index contributed by atoms with van der Waals surface area (Å²) in [5.74, 6) is 0.0254. The Hall–Kier alpha value is -2.28. The molecule has 2 rings (SSSR count). The van der Waals surface area contributed by atoms with E-state index in [0.29, 0.717) is 6.54 Å². The van der Waals surface area contributed by atoms with Gasteiger partial charge in [-0.1, -0.05) is 25.5 Å². The molecule has 1 fully saturated rings. The van der Waals surface area contributed by atoms with E-state index in [0.717, 1.165) is 49.6 Å². The van der Waals surface area contributed by atoms with E-state index in [1.807, 2.05) is 19.1 Å². The first-order valence-corrected chi connectivity index (χ1v) is 8.54. The van der Waals surface area contributed by atoms with Gasteiger partial charge in [0.25, 0.3) is 5.91 Å². The maximum Gasteiger partial charge on any atom is 0.321 e. The molecule has 7 heteroatoms. The van der Waals surface area contributed by atoms with E-state index in [4.69, 9.17) is 0 Å². The second kappa shape index (κ2) is 9.12. The summed E-state index contributed by atoms with van der Waals surface area (Å²) in [7, 11) is 0. The molecule has 0 aromatic heterocycles. The second-order valence-electron chi connectivity index (χ2n) is 6.06. The van der Waals surface area contributed by atoms with Gasteiger partial charge in [-0.2, -0.15) is 0 Å². The molecule has 1 aromatic rings. The number of amides is 3. The monoisotopic (exact) mass is 335 g/mol. The summed E-state index contributed by atoms with van der Waals surface area (Å²) < 4.78 is 0. The number of rotatable bonds is 6. The van der Waals surface area contributed by atoms with Crippen molar-refractivity contribution in [3.8, 4) is 5.75 Å². The fraction of sp³-hybridized carbons (Fsp3) is 0.529. The Morgan fingerprint density at radius 3 is 2.62 bits per heavy atom. The van der Waals surface area contributed by atoms with E-state index in [1.54, 1.807) is 12.1 Å². The van der Waals surface area contributed by atoms with Gasteiger partial charge in [0.15, 0.2) is 6.54 Å². The fourth-order valence-electron chi connectivity index (χ4n) is 2.79. The number of phenols is 1. The van der Waals surface area contributed by atoms with Crippen LogP contribution in [0.4, 0.5) is 10.5 Å². The number of unbranched alkanes of at least 4 members (excludes halogenated alkanes) is 1. The molecular formula is C17H27N4O3+. The standard InChI is InChI=1S/C17H26N4O3/c1-2-3-8-18-17(24)19-16(23)13-20-9-11-21(12-10-20)14-6-4-5-7-15(14)22/h4-7,22H,2-3,8-13H2,1H3,(H2,18,19,23,24)/p+1. The maximum absolute atomic E-state index is 11.9. The van der Waals surface area contributed by atoms with Crippen LogP contribution in [0.5, 0.6) is 5.75 Å². The Morgan fingerprint density at radius 1 is 1.25 bits per heavy atom. The molecule has 7 nitrogen and oxygen atoms in total. The molecule has 0 saturated carbocycles. The Morgan fingerprint density at radius 2 is 1.96 bits per heavy atom. The van der Waals surface area contributed by atoms with Gasteiger partial charge < -0.3 is 20.2 Å². The Balaban J connectivity index is 1.72. The highest BCUT2D eigenvalue weighted by Gasteiger charge is 2.24. The molecule has 0 bridgehead atoms. The number of nitrogens with zero attached hydrogens (tertiary/aromatic N) is 1. The third kappa shape index (κ3) is 5.42. The second-order valence-corrected chi connectivity index (χ2v) is 6.06. The third-order valence-electron chi connectivity index (χ3n) is 4.17. The lowest BCUT2D eigenvalue weighted by Crippen LogP contribution is -3.16. The number of carbonyl (C=O) groups excluding carboxylic acids is 2. The highest BCUT2D eigenvalue weighted by atomic mass is 16.3. The van der Waals surface area contributed by atoms with Crippen molar-refractivity contribution in [2.24, 2.45) is 0 Å². The Kier molecular flexibility index (Phi) is 6.87. The molecule has 0 atom stereocenters. The number of aromatic hydroxyl groups is 1. The van der Waals surface area contributed by atoms with Gasteiger partial charge in [0.1, 0.15) is 5.75 Å². The first-order chi connectivity index (χ1) is 11.6. The minimum atomic E-state index is -0.416. The summed E-state index contributed by atoms with van der Waals surface area (Å²) >= 11 is 0. The average Bonchev–Trinajstić information content (AvgIpc) is 2.56. The minimum Gasteiger partial charge on any atom is -0.506 e. The number of benzene rings is 1. The minimum absolute atomic E-state index is 0.255. The van der Waals surface area contributed by atoms with Crippen molar-refractivity contribution in [3.05, 3.63) is 24.3 Å². The molecular weight excluding hydrogens is 308 g/mol. The van der Waals surface area contributed by atoms with Crippen molar-refractivity contribution in [1.29, 1.82) is 0 Å². The molecule has 0 spiro atoms. The van der Waals surface area contributed by atoms with Gasteiger partial charge >= 0.3 is 6.03 Å². The van der Waals surface area contributed by atoms with Crippen molar-refractivity contribution in [1.82, 2.24) is 10.6 Å². The molecule has 1 saturated heterocycles. The molecule has 24 heavy (non-hydrogen) atoms. The van der Waals surface area contributed by atoms with Crippen molar-refractivity contribution >= 4 is 17.6 Å². The zero-order valence-electron chi connectivity index (χ0n) is 14.2. The van der Waals surface area contributed by atoms with Gasteiger partial charge in [-0.05, 0) is 18.6 Å². The zero-order chi connectivity index (χ0) is 17.4. The summed E-state index contributed by atoms with van der Waals surface area (Å²) in [5, 5.41) is 14.9. The van der Waals surface area contributed by atoms with Crippen LogP contribution in [-0.4, -0.2) is 56.3 Å². The normalized spacial score (nSPS) is 15.1. The molecule has 0 unspecified atom stereocenters. The van der Waals surface area contributed by atoms with Crippen LogP contribution < -0.4 is 20.4 Å². The number of anilines is 1. The van der Waals surface area contributed by atoms with E-state index in [1.165, 1.54) is 0 Å². The van der Waals surface area contributed by atoms with Crippen LogP contribution in [0.1, 0.15) is 19.8 Å². The lowest BCUT2D eigenvalue weighted by atomic mass is 10.2. The molecule has 132 valence electrons. The van der Waals surface area contributed by atoms with Crippen LogP contribution in [-0.2, 0) is 4.79 Å². The van der Waals surface area contributed by atoms with E-state index in [-0.39, 0.29) is 18.2 Å². The lowest BCUT2D eigenvalue weighted by molar-refractivity contribution is -0.892. The van der Waals surface area contributed by atoms with Gasteiger partial charge in [0, 0.05) is 6.54 Å². The number of piperazine rings is 1. The van der Waals surface area contributed by atoms with Gasteiger partial charge in [0.05, 0.1) is 31.9 Å². The van der Waals surface area contributed by atoms with Crippen molar-refractivity contribution in [2.45, 2.75) is 19.8 Å². The van der Waals surface area contributed by atoms with Crippen molar-refractivity contribution in [2.75, 3.05) is 44.2 Å². The molecule has 0 radical (unpaired) electrons. The van der Waals surface area contributed by atoms with Crippen molar-refractivity contribution in [3.63, 3.8) is 0 Å². The summed E-state index contributed by atoms with van der Waals surface area (Å²) in [5.41, 5.74) is 0.830. The maximum atomic E-state index is 11.9. The molecule has 1 aliphatic rings. The molecule has 1 aliphatic heterocycles. The first kappa shape index (κ1) is 18.1. The smallest absolute Gasteiger partial charge is 0.321 e. The molecule has 4 N–H and O–H groups in total. The molecule has 3 amide bonds. The largest absolute Gasteiger partial charge is 0.506 e. The van der Waals surface area contributed by atoms with Crippen LogP contribution in [0.2, 0.25) is 0 Å². The SMILES string of the molecule is CCCCNC(=O)NC(=O)C[NH+]1CCN(c2ccccc2O)CC1. The van der Waals surface area contributed by atoms with Crippen LogP contribution in [0.15, 0.2) is 24.3 Å². The number of urea groups is 1. The van der Waals surface area contributed by atoms with Gasteiger partial charge in [0.2, 0.25) is 0 Å². The number of hydrogen-bond donors (Lipinski definition) is 4. The Labute approximate surface area is 142 Å². The summed E-state index contributed by atoms with van der Waals surface area (Å²) in [6.45, 7) is 6.03. The topological polar surface area (TPSA) is 86.1 Å². The van der Waals surface area contributed by atoms with E-state index in [9.17, 15) is 14.7 Å². The number of para-hydroxylation sites is 2. The van der Waals surface area contributed by atoms with Crippen LogP contribution in [0.25, 0.3) is 0 Å². The van der Waals surface area contributed by atoms with Gasteiger partial charge in [-0.3, -0.25) is 10.1 Å². The van der Waals surface area contributed by atoms with Crippen LogP contribution in [0, 0.1) is 0 Å².